The topological polar surface area (TPSA) is 48.4 Å². The van der Waals surface area contributed by atoms with E-state index in [1.54, 1.807) is 6.08 Å². The number of hydrogen-bond acceptors (Lipinski definition) is 1. The van der Waals surface area contributed by atoms with Gasteiger partial charge in [-0.2, -0.15) is 4.79 Å². The van der Waals surface area contributed by atoms with Crippen molar-refractivity contribution < 1.29 is 4.79 Å². The van der Waals surface area contributed by atoms with Gasteiger partial charge in [0, 0.05) is 17.5 Å². The highest BCUT2D eigenvalue weighted by Crippen LogP contribution is 2.14. The highest BCUT2D eigenvalue weighted by Gasteiger charge is 2.07. The largest absolute Gasteiger partial charge is 0.361 e. The first-order valence-electron chi connectivity index (χ1n) is 5.21. The van der Waals surface area contributed by atoms with Crippen LogP contribution in [0.3, 0.4) is 0 Å². The number of nitrogens with one attached hydrogen (secondary N) is 1. The summed E-state index contributed by atoms with van der Waals surface area (Å²) < 4.78 is 0. The Morgan fingerprint density at radius 1 is 1.19 bits per heavy atom. The van der Waals surface area contributed by atoms with Gasteiger partial charge in [0.1, 0.15) is 0 Å². The van der Waals surface area contributed by atoms with Gasteiger partial charge in [-0.15, -0.1) is 0 Å². The molecule has 3 nitrogen and oxygen atoms in total. The number of allylic oxidation sites excluding steroid dienone is 3. The SMILES string of the molecule is Cc1ccc(NC2=CCC(=[N+]=[N-])C=C2)cc1. The molecule has 16 heavy (non-hydrogen) atoms. The van der Waals surface area contributed by atoms with Crippen molar-refractivity contribution in [1.29, 1.82) is 0 Å². The molecule has 1 aromatic carbocycles. The number of aryl methyl sites for hydroxylation is 1. The molecule has 1 aliphatic rings. The Morgan fingerprint density at radius 2 is 1.94 bits per heavy atom. The van der Waals surface area contributed by atoms with Crippen LogP contribution in [0, 0.1) is 6.92 Å². The van der Waals surface area contributed by atoms with E-state index in [0.29, 0.717) is 12.1 Å². The molecule has 3 heteroatoms. The van der Waals surface area contributed by atoms with Crippen molar-refractivity contribution in [3.05, 3.63) is 59.3 Å². The van der Waals surface area contributed by atoms with E-state index in [0.717, 1.165) is 11.4 Å². The summed E-state index contributed by atoms with van der Waals surface area (Å²) in [6, 6.07) is 8.21. The molecule has 0 unspecified atom stereocenters. The Kier molecular flexibility index (Phi) is 2.99. The fraction of sp³-hybridized carbons (Fsp3) is 0.154. The maximum absolute atomic E-state index is 8.58. The molecule has 0 aliphatic heterocycles. The van der Waals surface area contributed by atoms with Crippen molar-refractivity contribution in [3.8, 4) is 0 Å². The molecule has 0 radical (unpaired) electrons. The van der Waals surface area contributed by atoms with Gasteiger partial charge >= 0.3 is 0 Å². The predicted molar refractivity (Wildman–Crippen MR) is 65.3 cm³/mol. The van der Waals surface area contributed by atoms with Crippen molar-refractivity contribution in [2.45, 2.75) is 13.3 Å². The molecule has 0 bridgehead atoms. The lowest BCUT2D eigenvalue weighted by atomic mass is 10.1. The van der Waals surface area contributed by atoms with Crippen molar-refractivity contribution in [2.75, 3.05) is 5.32 Å². The summed E-state index contributed by atoms with van der Waals surface area (Å²) in [7, 11) is 0. The minimum Gasteiger partial charge on any atom is -0.361 e. The predicted octanol–water partition coefficient (Wildman–Crippen LogP) is 2.92. The second-order valence-corrected chi connectivity index (χ2v) is 3.78. The van der Waals surface area contributed by atoms with Crippen LogP contribution in [0.4, 0.5) is 5.69 Å². The van der Waals surface area contributed by atoms with Crippen molar-refractivity contribution in [1.82, 2.24) is 0 Å². The standard InChI is InChI=1S/C13H13N3/c1-10-2-4-11(5-3-10)15-12-6-8-13(16-14)9-7-12/h2-8,15H,9H2,1H3. The Labute approximate surface area is 94.7 Å². The summed E-state index contributed by atoms with van der Waals surface area (Å²) in [6.07, 6.45) is 6.35. The molecule has 0 spiro atoms. The molecule has 0 fully saturated rings. The molecule has 0 saturated heterocycles. The van der Waals surface area contributed by atoms with E-state index in [-0.39, 0.29) is 0 Å². The highest BCUT2D eigenvalue weighted by atomic mass is 14.9. The van der Waals surface area contributed by atoms with Crippen LogP contribution in [0.25, 0.3) is 5.53 Å². The number of hydrogen-bond donors (Lipinski definition) is 1. The number of rotatable bonds is 2. The van der Waals surface area contributed by atoms with Crippen LogP contribution in [-0.4, -0.2) is 10.5 Å². The minimum absolute atomic E-state index is 0.654. The Balaban J connectivity index is 2.07. The average molecular weight is 211 g/mol. The van der Waals surface area contributed by atoms with E-state index >= 15 is 0 Å². The van der Waals surface area contributed by atoms with Gasteiger partial charge in [0.15, 0.2) is 0 Å². The highest BCUT2D eigenvalue weighted by molar-refractivity contribution is 5.93. The third-order valence-electron chi connectivity index (χ3n) is 2.46. The summed E-state index contributed by atoms with van der Waals surface area (Å²) in [5.41, 5.74) is 12.6. The van der Waals surface area contributed by atoms with Gasteiger partial charge < -0.3 is 10.8 Å². The lowest BCUT2D eigenvalue weighted by molar-refractivity contribution is -0.00540. The van der Waals surface area contributed by atoms with E-state index in [2.05, 4.69) is 29.2 Å². The lowest BCUT2D eigenvalue weighted by Crippen LogP contribution is -2.04. The minimum atomic E-state index is 0.654. The first-order chi connectivity index (χ1) is 7.78. The van der Waals surface area contributed by atoms with Crippen molar-refractivity contribution >= 4 is 11.4 Å². The Bertz CT molecular complexity index is 488. The summed E-state index contributed by atoms with van der Waals surface area (Å²) >= 11 is 0. The molecule has 80 valence electrons. The first-order valence-corrected chi connectivity index (χ1v) is 5.21. The lowest BCUT2D eigenvalue weighted by Gasteiger charge is -2.09. The second kappa shape index (κ2) is 4.60. The van der Waals surface area contributed by atoms with Crippen LogP contribution in [0.5, 0.6) is 0 Å². The quantitative estimate of drug-likeness (QED) is 0.593. The van der Waals surface area contributed by atoms with Crippen LogP contribution in [0.1, 0.15) is 12.0 Å². The molecule has 0 atom stereocenters. The monoisotopic (exact) mass is 211 g/mol. The van der Waals surface area contributed by atoms with Gasteiger partial charge in [-0.25, -0.2) is 0 Å². The number of anilines is 1. The van der Waals surface area contributed by atoms with E-state index in [1.807, 2.05) is 24.3 Å². The van der Waals surface area contributed by atoms with Crippen molar-refractivity contribution in [3.63, 3.8) is 0 Å². The zero-order valence-electron chi connectivity index (χ0n) is 9.14. The molecule has 0 heterocycles. The molecule has 1 aliphatic carbocycles. The molecule has 0 amide bonds. The van der Waals surface area contributed by atoms with Gasteiger partial charge in [0.25, 0.3) is 5.71 Å². The van der Waals surface area contributed by atoms with E-state index in [4.69, 9.17) is 5.53 Å². The van der Waals surface area contributed by atoms with Gasteiger partial charge in [0.2, 0.25) is 0 Å². The molecular formula is C13H13N3. The molecule has 1 aromatic rings. The Hall–Kier alpha value is -2.12. The van der Waals surface area contributed by atoms with Crippen LogP contribution in [0.2, 0.25) is 0 Å². The molecule has 0 aromatic heterocycles. The zero-order chi connectivity index (χ0) is 11.4. The van der Waals surface area contributed by atoms with Crippen LogP contribution >= 0.6 is 0 Å². The van der Waals surface area contributed by atoms with Gasteiger partial charge in [-0.1, -0.05) is 17.7 Å². The summed E-state index contributed by atoms with van der Waals surface area (Å²) in [6.45, 7) is 2.06. The van der Waals surface area contributed by atoms with Crippen molar-refractivity contribution in [2.24, 2.45) is 0 Å². The zero-order valence-corrected chi connectivity index (χ0v) is 9.14. The summed E-state index contributed by atoms with van der Waals surface area (Å²) in [4.78, 5) is 3.16. The second-order valence-electron chi connectivity index (χ2n) is 3.78. The fourth-order valence-corrected chi connectivity index (χ4v) is 1.51. The molecule has 2 rings (SSSR count). The number of nitrogens with zero attached hydrogens (tertiary/aromatic N) is 2. The van der Waals surface area contributed by atoms with Crippen LogP contribution in [0.15, 0.2) is 48.2 Å². The van der Waals surface area contributed by atoms with E-state index < -0.39 is 0 Å². The average Bonchev–Trinajstić information content (AvgIpc) is 2.33. The maximum atomic E-state index is 8.58. The van der Waals surface area contributed by atoms with Gasteiger partial charge in [-0.3, -0.25) is 0 Å². The summed E-state index contributed by atoms with van der Waals surface area (Å²) in [5, 5.41) is 3.29. The summed E-state index contributed by atoms with van der Waals surface area (Å²) in [5.74, 6) is 0. The van der Waals surface area contributed by atoms with Gasteiger partial charge in [0.05, 0.1) is 6.42 Å². The van der Waals surface area contributed by atoms with Crippen LogP contribution in [-0.2, 0) is 0 Å². The number of benzene rings is 1. The Morgan fingerprint density at radius 3 is 2.50 bits per heavy atom. The third-order valence-corrected chi connectivity index (χ3v) is 2.46. The third kappa shape index (κ3) is 2.47. The smallest absolute Gasteiger partial charge is 0.295 e. The van der Waals surface area contributed by atoms with Crippen LogP contribution < -0.4 is 5.32 Å². The molecular weight excluding hydrogens is 198 g/mol. The maximum Gasteiger partial charge on any atom is 0.295 e. The van der Waals surface area contributed by atoms with Gasteiger partial charge in [-0.05, 0) is 31.2 Å². The van der Waals surface area contributed by atoms with E-state index in [1.165, 1.54) is 5.56 Å². The molecule has 1 N–H and O–H groups in total. The molecule has 0 saturated carbocycles. The fourth-order valence-electron chi connectivity index (χ4n) is 1.51. The van der Waals surface area contributed by atoms with E-state index in [9.17, 15) is 0 Å². The first kappa shape index (κ1) is 10.4. The normalized spacial score (nSPS) is 14.3.